The van der Waals surface area contributed by atoms with Crippen LogP contribution in [0.3, 0.4) is 0 Å². The predicted molar refractivity (Wildman–Crippen MR) is 92.6 cm³/mol. The predicted octanol–water partition coefficient (Wildman–Crippen LogP) is 2.04. The van der Waals surface area contributed by atoms with E-state index in [0.717, 1.165) is 0 Å². The van der Waals surface area contributed by atoms with Crippen molar-refractivity contribution >= 4 is 9.84 Å². The van der Waals surface area contributed by atoms with Crippen LogP contribution >= 0.6 is 0 Å². The lowest BCUT2D eigenvalue weighted by molar-refractivity contribution is 0.00399. The van der Waals surface area contributed by atoms with Crippen molar-refractivity contribution in [2.75, 3.05) is 18.6 Å². The molecule has 2 atom stereocenters. The van der Waals surface area contributed by atoms with Crippen molar-refractivity contribution in [1.29, 1.82) is 0 Å². The molecular weight excluding hydrogens is 308 g/mol. The van der Waals surface area contributed by atoms with Crippen molar-refractivity contribution in [3.63, 3.8) is 0 Å². The van der Waals surface area contributed by atoms with Gasteiger partial charge in [-0.3, -0.25) is 4.90 Å². The van der Waals surface area contributed by atoms with Gasteiger partial charge >= 0.3 is 0 Å². The molecule has 0 spiro atoms. The Balaban J connectivity index is 1.87. The van der Waals surface area contributed by atoms with Gasteiger partial charge in [0.25, 0.3) is 0 Å². The number of sulfone groups is 1. The van der Waals surface area contributed by atoms with Crippen LogP contribution in [0.1, 0.15) is 17.2 Å². The van der Waals surface area contributed by atoms with Gasteiger partial charge in [-0.25, -0.2) is 8.42 Å². The van der Waals surface area contributed by atoms with E-state index in [0.29, 0.717) is 6.54 Å². The van der Waals surface area contributed by atoms with Crippen molar-refractivity contribution in [3.8, 4) is 0 Å². The van der Waals surface area contributed by atoms with E-state index in [1.54, 1.807) is 0 Å². The van der Waals surface area contributed by atoms with E-state index in [1.807, 2.05) is 36.4 Å². The lowest BCUT2D eigenvalue weighted by Crippen LogP contribution is -2.63. The Morgan fingerprint density at radius 2 is 1.52 bits per heavy atom. The van der Waals surface area contributed by atoms with E-state index in [2.05, 4.69) is 29.2 Å². The SMILES string of the molecule is CS(=O)(=O)C[C@H]1CN(C(c2ccccc2)c2ccccc2)[C@@H]1N. The maximum atomic E-state index is 11.5. The molecule has 4 nitrogen and oxygen atoms in total. The van der Waals surface area contributed by atoms with Crippen LogP contribution in [0.5, 0.6) is 0 Å². The minimum Gasteiger partial charge on any atom is -0.315 e. The molecule has 0 unspecified atom stereocenters. The quantitative estimate of drug-likeness (QED) is 0.911. The van der Waals surface area contributed by atoms with Gasteiger partial charge in [0.15, 0.2) is 0 Å². The summed E-state index contributed by atoms with van der Waals surface area (Å²) < 4.78 is 23.0. The number of rotatable bonds is 5. The first-order valence-electron chi connectivity index (χ1n) is 7.74. The molecule has 0 amide bonds. The Bertz CT molecular complexity index is 708. The van der Waals surface area contributed by atoms with Crippen LogP contribution in [0.25, 0.3) is 0 Å². The average molecular weight is 330 g/mol. The van der Waals surface area contributed by atoms with Crippen LogP contribution in [-0.4, -0.2) is 38.0 Å². The zero-order valence-corrected chi connectivity index (χ0v) is 14.0. The molecule has 1 heterocycles. The second-order valence-corrected chi connectivity index (χ2v) is 8.45. The van der Waals surface area contributed by atoms with Crippen molar-refractivity contribution < 1.29 is 8.42 Å². The molecule has 1 aliphatic heterocycles. The zero-order chi connectivity index (χ0) is 16.4. The Labute approximate surface area is 137 Å². The molecule has 2 aromatic rings. The monoisotopic (exact) mass is 330 g/mol. The summed E-state index contributed by atoms with van der Waals surface area (Å²) in [6.45, 7) is 0.697. The van der Waals surface area contributed by atoms with Crippen LogP contribution in [0.4, 0.5) is 0 Å². The number of hydrogen-bond donors (Lipinski definition) is 1. The van der Waals surface area contributed by atoms with E-state index in [1.165, 1.54) is 17.4 Å². The summed E-state index contributed by atoms with van der Waals surface area (Å²) in [6, 6.07) is 20.5. The molecule has 2 N–H and O–H groups in total. The van der Waals surface area contributed by atoms with E-state index < -0.39 is 9.84 Å². The fourth-order valence-electron chi connectivity index (χ4n) is 3.30. The highest BCUT2D eigenvalue weighted by molar-refractivity contribution is 7.90. The highest BCUT2D eigenvalue weighted by atomic mass is 32.2. The summed E-state index contributed by atoms with van der Waals surface area (Å²) in [6.07, 6.45) is 1.03. The number of nitrogens with zero attached hydrogens (tertiary/aromatic N) is 1. The molecule has 2 aromatic carbocycles. The molecule has 0 aliphatic carbocycles. The minimum atomic E-state index is -3.00. The van der Waals surface area contributed by atoms with Gasteiger partial charge < -0.3 is 5.73 Å². The second-order valence-electron chi connectivity index (χ2n) is 6.26. The molecule has 23 heavy (non-hydrogen) atoms. The molecule has 1 fully saturated rings. The molecule has 5 heteroatoms. The standard InChI is InChI=1S/C18H22N2O2S/c1-23(21,22)13-16-12-20(18(16)19)17(14-8-4-2-5-9-14)15-10-6-3-7-11-15/h2-11,16-18H,12-13,19H2,1H3/t16-,18+/m1/s1. The van der Waals surface area contributed by atoms with Gasteiger partial charge in [-0.2, -0.15) is 0 Å². The molecule has 1 aliphatic rings. The van der Waals surface area contributed by atoms with Gasteiger partial charge in [0.1, 0.15) is 9.84 Å². The number of hydrogen-bond acceptors (Lipinski definition) is 4. The maximum Gasteiger partial charge on any atom is 0.147 e. The zero-order valence-electron chi connectivity index (χ0n) is 13.2. The summed E-state index contributed by atoms with van der Waals surface area (Å²) in [5.41, 5.74) is 8.66. The van der Waals surface area contributed by atoms with Crippen LogP contribution in [0.2, 0.25) is 0 Å². The largest absolute Gasteiger partial charge is 0.315 e. The summed E-state index contributed by atoms with van der Waals surface area (Å²) in [5.74, 6) is 0.154. The fraction of sp³-hybridized carbons (Fsp3) is 0.333. The molecule has 122 valence electrons. The normalized spacial score (nSPS) is 22.0. The fourth-order valence-corrected chi connectivity index (χ4v) is 4.38. The van der Waals surface area contributed by atoms with Gasteiger partial charge in [-0.15, -0.1) is 0 Å². The third kappa shape index (κ3) is 3.63. The summed E-state index contributed by atoms with van der Waals surface area (Å²) in [5, 5.41) is 0. The summed E-state index contributed by atoms with van der Waals surface area (Å²) >= 11 is 0. The van der Waals surface area contributed by atoms with E-state index >= 15 is 0 Å². The third-order valence-corrected chi connectivity index (χ3v) is 5.42. The van der Waals surface area contributed by atoms with Crippen LogP contribution in [-0.2, 0) is 9.84 Å². The van der Waals surface area contributed by atoms with Crippen LogP contribution in [0.15, 0.2) is 60.7 Å². The smallest absolute Gasteiger partial charge is 0.147 e. The summed E-state index contributed by atoms with van der Waals surface area (Å²) in [4.78, 5) is 2.18. The van der Waals surface area contributed by atoms with Crippen molar-refractivity contribution in [2.45, 2.75) is 12.2 Å². The van der Waals surface area contributed by atoms with E-state index in [-0.39, 0.29) is 23.9 Å². The minimum absolute atomic E-state index is 0.0000699. The Kier molecular flexibility index (Phi) is 4.53. The van der Waals surface area contributed by atoms with Gasteiger partial charge in [0.2, 0.25) is 0 Å². The second kappa shape index (κ2) is 6.43. The number of nitrogens with two attached hydrogens (primary N) is 1. The Hall–Kier alpha value is -1.69. The molecule has 0 radical (unpaired) electrons. The topological polar surface area (TPSA) is 63.4 Å². The van der Waals surface area contributed by atoms with Crippen LogP contribution in [0, 0.1) is 5.92 Å². The van der Waals surface area contributed by atoms with Crippen LogP contribution < -0.4 is 5.73 Å². The van der Waals surface area contributed by atoms with E-state index in [4.69, 9.17) is 5.73 Å². The lowest BCUT2D eigenvalue weighted by Gasteiger charge is -2.50. The van der Waals surface area contributed by atoms with Crippen molar-refractivity contribution in [1.82, 2.24) is 4.90 Å². The molecule has 1 saturated heterocycles. The van der Waals surface area contributed by atoms with Gasteiger partial charge in [0, 0.05) is 18.7 Å². The first-order valence-corrected chi connectivity index (χ1v) is 9.81. The van der Waals surface area contributed by atoms with Gasteiger partial charge in [0.05, 0.1) is 18.0 Å². The first-order chi connectivity index (χ1) is 11.0. The van der Waals surface area contributed by atoms with Crippen molar-refractivity contribution in [2.24, 2.45) is 11.7 Å². The van der Waals surface area contributed by atoms with Gasteiger partial charge in [-0.05, 0) is 11.1 Å². The van der Waals surface area contributed by atoms with Crippen molar-refractivity contribution in [3.05, 3.63) is 71.8 Å². The molecule has 0 saturated carbocycles. The molecule has 0 bridgehead atoms. The highest BCUT2D eigenvalue weighted by Gasteiger charge is 2.42. The molecule has 3 rings (SSSR count). The molecule has 0 aromatic heterocycles. The highest BCUT2D eigenvalue weighted by Crippen LogP contribution is 2.37. The maximum absolute atomic E-state index is 11.5. The first kappa shape index (κ1) is 16.2. The number of likely N-dealkylation sites (tertiary alicyclic amines) is 1. The number of benzene rings is 2. The Morgan fingerprint density at radius 1 is 1.04 bits per heavy atom. The molecular formula is C18H22N2O2S. The van der Waals surface area contributed by atoms with Gasteiger partial charge in [-0.1, -0.05) is 60.7 Å². The lowest BCUT2D eigenvalue weighted by atomic mass is 9.88. The Morgan fingerprint density at radius 3 is 1.91 bits per heavy atom. The average Bonchev–Trinajstić information content (AvgIpc) is 2.54. The third-order valence-electron chi connectivity index (χ3n) is 4.39. The van der Waals surface area contributed by atoms with E-state index in [9.17, 15) is 8.42 Å². The summed E-state index contributed by atoms with van der Waals surface area (Å²) in [7, 11) is -3.00.